The highest BCUT2D eigenvalue weighted by Crippen LogP contribution is 2.24. The summed E-state index contributed by atoms with van der Waals surface area (Å²) in [6.07, 6.45) is 0. The predicted octanol–water partition coefficient (Wildman–Crippen LogP) is 1.57. The number of rotatable bonds is 3. The van der Waals surface area contributed by atoms with Crippen LogP contribution in [0.3, 0.4) is 0 Å². The minimum absolute atomic E-state index is 0.262. The Bertz CT molecular complexity index is 698. The number of carboxylic acid groups (broad SMARTS) is 1. The topological polar surface area (TPSA) is 88.0 Å². The largest absolute Gasteiger partial charge is 0.477 e. The highest BCUT2D eigenvalue weighted by molar-refractivity contribution is 5.87. The Kier molecular flexibility index (Phi) is 3.25. The van der Waals surface area contributed by atoms with Crippen molar-refractivity contribution in [3.63, 3.8) is 0 Å². The first-order valence-electron chi connectivity index (χ1n) is 5.96. The maximum atomic E-state index is 11.7. The molecule has 0 aliphatic carbocycles. The van der Waals surface area contributed by atoms with Gasteiger partial charge < -0.3 is 10.1 Å². The van der Waals surface area contributed by atoms with Gasteiger partial charge in [0.25, 0.3) is 5.56 Å². The first kappa shape index (κ1) is 13.1. The van der Waals surface area contributed by atoms with Crippen molar-refractivity contribution >= 4 is 5.97 Å². The van der Waals surface area contributed by atoms with E-state index in [-0.39, 0.29) is 5.56 Å². The number of carbonyl (C=O) groups is 1. The lowest BCUT2D eigenvalue weighted by Gasteiger charge is -2.04. The highest BCUT2D eigenvalue weighted by Gasteiger charge is 2.15. The van der Waals surface area contributed by atoms with E-state index in [1.807, 2.05) is 25.5 Å². The van der Waals surface area contributed by atoms with Crippen LogP contribution in [0.25, 0.3) is 11.3 Å². The van der Waals surface area contributed by atoms with Crippen LogP contribution in [0.2, 0.25) is 0 Å². The molecule has 0 unspecified atom stereocenters. The third-order valence-corrected chi connectivity index (χ3v) is 3.09. The van der Waals surface area contributed by atoms with E-state index in [0.29, 0.717) is 5.69 Å². The van der Waals surface area contributed by atoms with Gasteiger partial charge in [0.05, 0.1) is 11.4 Å². The van der Waals surface area contributed by atoms with Crippen LogP contribution in [0.1, 0.15) is 28.7 Å². The fourth-order valence-corrected chi connectivity index (χ4v) is 2.18. The van der Waals surface area contributed by atoms with Crippen molar-refractivity contribution in [3.05, 3.63) is 39.4 Å². The van der Waals surface area contributed by atoms with Crippen LogP contribution < -0.4 is 5.56 Å². The molecule has 2 rings (SSSR count). The van der Waals surface area contributed by atoms with E-state index in [4.69, 9.17) is 5.11 Å². The van der Waals surface area contributed by atoms with E-state index < -0.39 is 11.5 Å². The lowest BCUT2D eigenvalue weighted by Crippen LogP contribution is -2.17. The molecule has 2 heterocycles. The normalized spacial score (nSPS) is 10.7. The maximum Gasteiger partial charge on any atom is 0.341 e. The molecule has 0 saturated heterocycles. The van der Waals surface area contributed by atoms with Gasteiger partial charge in [-0.25, -0.2) is 4.79 Å². The van der Waals surface area contributed by atoms with Gasteiger partial charge in [0.2, 0.25) is 0 Å². The lowest BCUT2D eigenvalue weighted by molar-refractivity contribution is 0.0695. The van der Waals surface area contributed by atoms with Gasteiger partial charge in [-0.3, -0.25) is 9.48 Å². The molecule has 0 aromatic carbocycles. The molecule has 0 amide bonds. The van der Waals surface area contributed by atoms with Crippen LogP contribution in [0, 0.1) is 13.8 Å². The highest BCUT2D eigenvalue weighted by atomic mass is 16.4. The van der Waals surface area contributed by atoms with Gasteiger partial charge in [-0.1, -0.05) is 0 Å². The number of hydrogen-bond donors (Lipinski definition) is 2. The van der Waals surface area contributed by atoms with E-state index in [1.165, 1.54) is 6.07 Å². The second kappa shape index (κ2) is 4.72. The summed E-state index contributed by atoms with van der Waals surface area (Å²) < 4.78 is 1.84. The van der Waals surface area contributed by atoms with Crippen LogP contribution >= 0.6 is 0 Å². The van der Waals surface area contributed by atoms with Crippen LogP contribution in [-0.2, 0) is 6.54 Å². The van der Waals surface area contributed by atoms with Crippen LogP contribution in [0.5, 0.6) is 0 Å². The number of nitrogens with one attached hydrogen (secondary N) is 1. The van der Waals surface area contributed by atoms with Crippen molar-refractivity contribution in [1.82, 2.24) is 14.8 Å². The van der Waals surface area contributed by atoms with Gasteiger partial charge in [0, 0.05) is 17.8 Å². The summed E-state index contributed by atoms with van der Waals surface area (Å²) in [6.45, 7) is 6.50. The summed E-state index contributed by atoms with van der Waals surface area (Å²) in [5.41, 5.74) is 2.31. The van der Waals surface area contributed by atoms with Crippen molar-refractivity contribution in [1.29, 1.82) is 0 Å². The van der Waals surface area contributed by atoms with Crippen LogP contribution in [0.15, 0.2) is 16.9 Å². The molecule has 0 fully saturated rings. The molecule has 6 nitrogen and oxygen atoms in total. The average Bonchev–Trinajstić information content (AvgIpc) is 2.63. The molecule has 0 spiro atoms. The minimum atomic E-state index is -1.23. The Morgan fingerprint density at radius 3 is 2.58 bits per heavy atom. The summed E-state index contributed by atoms with van der Waals surface area (Å²) in [5, 5.41) is 13.2. The van der Waals surface area contributed by atoms with Crippen LogP contribution in [-0.4, -0.2) is 25.8 Å². The Morgan fingerprint density at radius 2 is 2.11 bits per heavy atom. The van der Waals surface area contributed by atoms with Crippen LogP contribution in [0.4, 0.5) is 0 Å². The van der Waals surface area contributed by atoms with Gasteiger partial charge in [-0.05, 0) is 32.9 Å². The molecule has 6 heteroatoms. The van der Waals surface area contributed by atoms with Crippen molar-refractivity contribution in [2.75, 3.05) is 0 Å². The SMILES string of the molecule is CCn1nc(C)c(-c2ccc(C(=O)O)c(=O)[nH]2)c1C. The summed E-state index contributed by atoms with van der Waals surface area (Å²) >= 11 is 0. The van der Waals surface area contributed by atoms with E-state index in [1.54, 1.807) is 6.07 Å². The molecule has 100 valence electrons. The van der Waals surface area contributed by atoms with Crippen molar-refractivity contribution < 1.29 is 9.90 Å². The third-order valence-electron chi connectivity index (χ3n) is 3.09. The molecule has 0 aliphatic rings. The van der Waals surface area contributed by atoms with Gasteiger partial charge >= 0.3 is 5.97 Å². The second-order valence-electron chi connectivity index (χ2n) is 4.28. The number of aromatic nitrogens is 3. The molecule has 19 heavy (non-hydrogen) atoms. The summed E-state index contributed by atoms with van der Waals surface area (Å²) in [6, 6.07) is 2.92. The molecule has 0 bridgehead atoms. The number of nitrogens with zero attached hydrogens (tertiary/aromatic N) is 2. The molecule has 0 aliphatic heterocycles. The first-order valence-corrected chi connectivity index (χ1v) is 5.96. The second-order valence-corrected chi connectivity index (χ2v) is 4.28. The third kappa shape index (κ3) is 2.16. The minimum Gasteiger partial charge on any atom is -0.477 e. The van der Waals surface area contributed by atoms with Crippen molar-refractivity contribution in [3.8, 4) is 11.3 Å². The number of carboxylic acids is 1. The summed E-state index contributed by atoms with van der Waals surface area (Å²) in [7, 11) is 0. The quantitative estimate of drug-likeness (QED) is 0.877. The zero-order chi connectivity index (χ0) is 14.2. The Balaban J connectivity index is 2.61. The van der Waals surface area contributed by atoms with E-state index >= 15 is 0 Å². The molecule has 2 aromatic rings. The number of aromatic amines is 1. The number of aromatic carboxylic acids is 1. The Morgan fingerprint density at radius 1 is 1.42 bits per heavy atom. The molecule has 0 atom stereocenters. The number of pyridine rings is 1. The fourth-order valence-electron chi connectivity index (χ4n) is 2.18. The summed E-state index contributed by atoms with van der Waals surface area (Å²) in [5.74, 6) is -1.23. The predicted molar refractivity (Wildman–Crippen MR) is 70.4 cm³/mol. The van der Waals surface area contributed by atoms with Crippen molar-refractivity contribution in [2.24, 2.45) is 0 Å². The number of hydrogen-bond acceptors (Lipinski definition) is 3. The Labute approximate surface area is 109 Å². The van der Waals surface area contributed by atoms with Gasteiger partial charge in [-0.2, -0.15) is 5.10 Å². The zero-order valence-corrected chi connectivity index (χ0v) is 11.0. The average molecular weight is 261 g/mol. The molecule has 2 aromatic heterocycles. The monoisotopic (exact) mass is 261 g/mol. The Hall–Kier alpha value is -2.37. The van der Waals surface area contributed by atoms with E-state index in [9.17, 15) is 9.59 Å². The number of H-pyrrole nitrogens is 1. The first-order chi connectivity index (χ1) is 8.95. The van der Waals surface area contributed by atoms with Gasteiger partial charge in [0.15, 0.2) is 0 Å². The smallest absolute Gasteiger partial charge is 0.341 e. The zero-order valence-electron chi connectivity index (χ0n) is 11.0. The fraction of sp³-hybridized carbons (Fsp3) is 0.308. The van der Waals surface area contributed by atoms with E-state index in [0.717, 1.165) is 23.5 Å². The van der Waals surface area contributed by atoms with E-state index in [2.05, 4.69) is 10.1 Å². The maximum absolute atomic E-state index is 11.7. The molecule has 0 saturated carbocycles. The summed E-state index contributed by atoms with van der Waals surface area (Å²) in [4.78, 5) is 25.1. The standard InChI is InChI=1S/C13H15N3O3/c1-4-16-8(3)11(7(2)15-16)10-6-5-9(13(18)19)12(17)14-10/h5-6H,4H2,1-3H3,(H,14,17)(H,18,19). The molecule has 0 radical (unpaired) electrons. The lowest BCUT2D eigenvalue weighted by atomic mass is 10.1. The molecular weight excluding hydrogens is 246 g/mol. The van der Waals surface area contributed by atoms with Gasteiger partial charge in [0.1, 0.15) is 5.56 Å². The molecular formula is C13H15N3O3. The van der Waals surface area contributed by atoms with Crippen molar-refractivity contribution in [2.45, 2.75) is 27.3 Å². The molecule has 2 N–H and O–H groups in total. The number of aryl methyl sites for hydroxylation is 2. The van der Waals surface area contributed by atoms with Gasteiger partial charge in [-0.15, -0.1) is 0 Å².